The quantitative estimate of drug-likeness (QED) is 0.576. The van der Waals surface area contributed by atoms with Gasteiger partial charge in [-0.15, -0.1) is 0 Å². The number of rotatable bonds is 4. The fourth-order valence-electron chi connectivity index (χ4n) is 1.76. The van der Waals surface area contributed by atoms with E-state index in [1.54, 1.807) is 0 Å². The Morgan fingerprint density at radius 2 is 1.64 bits per heavy atom. The molecule has 3 saturated heterocycles. The van der Waals surface area contributed by atoms with E-state index in [-0.39, 0.29) is 5.41 Å². The highest BCUT2D eigenvalue weighted by Gasteiger charge is 2.49. The maximum atomic E-state index is 5.65. The molecule has 0 aromatic rings. The molecule has 0 unspecified atom stereocenters. The van der Waals surface area contributed by atoms with Crippen LogP contribution in [0, 0.1) is 5.41 Å². The predicted molar refractivity (Wildman–Crippen MR) is 56.3 cm³/mol. The summed E-state index contributed by atoms with van der Waals surface area (Å²) in [5, 5.41) is 1.03. The third kappa shape index (κ3) is 2.13. The maximum absolute atomic E-state index is 5.65. The Labute approximate surface area is 93.2 Å². The Kier molecular flexibility index (Phi) is 3.17. The molecule has 3 fully saturated rings. The van der Waals surface area contributed by atoms with Crippen molar-refractivity contribution in [3.63, 3.8) is 0 Å². The maximum Gasteiger partial charge on any atom is 0.282 e. The van der Waals surface area contributed by atoms with Crippen LogP contribution in [-0.4, -0.2) is 31.1 Å². The summed E-state index contributed by atoms with van der Waals surface area (Å²) in [6, 6.07) is 0. The van der Waals surface area contributed by atoms with Gasteiger partial charge in [-0.25, -0.2) is 0 Å². The molecule has 3 aliphatic rings. The van der Waals surface area contributed by atoms with Gasteiger partial charge < -0.3 is 14.2 Å². The molecule has 2 bridgehead atoms. The average molecular weight is 265 g/mol. The van der Waals surface area contributed by atoms with Gasteiger partial charge in [0.2, 0.25) is 0 Å². The molecule has 0 aromatic heterocycles. The number of hydrogen-bond acceptors (Lipinski definition) is 3. The van der Waals surface area contributed by atoms with Crippen molar-refractivity contribution in [3.8, 4) is 0 Å². The molecular formula is C10H17BrO3. The number of alkyl halides is 1. The number of ether oxygens (including phenoxy) is 3. The normalized spacial score (nSPS) is 41.6. The number of hydrogen-bond donors (Lipinski definition) is 0. The lowest BCUT2D eigenvalue weighted by Crippen LogP contribution is -2.58. The second kappa shape index (κ2) is 4.08. The van der Waals surface area contributed by atoms with Gasteiger partial charge in [0, 0.05) is 17.2 Å². The van der Waals surface area contributed by atoms with Crippen molar-refractivity contribution in [2.75, 3.05) is 25.2 Å². The van der Waals surface area contributed by atoms with Crippen LogP contribution in [0.1, 0.15) is 26.2 Å². The van der Waals surface area contributed by atoms with E-state index in [9.17, 15) is 0 Å². The van der Waals surface area contributed by atoms with Gasteiger partial charge in [-0.05, 0) is 12.8 Å². The first kappa shape index (κ1) is 10.9. The van der Waals surface area contributed by atoms with Gasteiger partial charge in [0.15, 0.2) is 0 Å². The van der Waals surface area contributed by atoms with E-state index in [2.05, 4.69) is 22.9 Å². The number of unbranched alkanes of at least 4 members (excludes halogenated alkanes) is 1. The van der Waals surface area contributed by atoms with Crippen molar-refractivity contribution >= 4 is 15.9 Å². The highest BCUT2D eigenvalue weighted by atomic mass is 79.9. The topological polar surface area (TPSA) is 27.7 Å². The van der Waals surface area contributed by atoms with Crippen molar-refractivity contribution in [1.29, 1.82) is 0 Å². The molecule has 0 amide bonds. The lowest BCUT2D eigenvalue weighted by atomic mass is 9.91. The van der Waals surface area contributed by atoms with Crippen LogP contribution in [0.2, 0.25) is 0 Å². The summed E-state index contributed by atoms with van der Waals surface area (Å²) in [6.07, 6.45) is 3.05. The molecule has 0 spiro atoms. The second-order valence-electron chi connectivity index (χ2n) is 4.51. The van der Waals surface area contributed by atoms with Crippen LogP contribution in [0.3, 0.4) is 0 Å². The van der Waals surface area contributed by atoms with E-state index in [1.807, 2.05) is 0 Å². The van der Waals surface area contributed by atoms with Crippen LogP contribution in [0.4, 0.5) is 0 Å². The monoisotopic (exact) mass is 264 g/mol. The summed E-state index contributed by atoms with van der Waals surface area (Å²) in [5.74, 6) is -0.708. The standard InChI is InChI=1S/C10H17BrO3/c1-9-6-12-10(13-7-9,14-8-9)4-2-3-5-11/h2-8H2,1H3. The Balaban J connectivity index is 1.85. The van der Waals surface area contributed by atoms with E-state index in [0.717, 1.165) is 44.4 Å². The molecular weight excluding hydrogens is 248 g/mol. The van der Waals surface area contributed by atoms with Gasteiger partial charge in [-0.2, -0.15) is 0 Å². The van der Waals surface area contributed by atoms with Crippen LogP contribution in [0.5, 0.6) is 0 Å². The van der Waals surface area contributed by atoms with Gasteiger partial charge in [-0.3, -0.25) is 0 Å². The van der Waals surface area contributed by atoms with E-state index in [0.29, 0.717) is 0 Å². The van der Waals surface area contributed by atoms with Crippen LogP contribution in [0.25, 0.3) is 0 Å². The first-order chi connectivity index (χ1) is 6.68. The smallest absolute Gasteiger partial charge is 0.282 e. The van der Waals surface area contributed by atoms with E-state index < -0.39 is 5.97 Å². The molecule has 3 heterocycles. The zero-order chi connectivity index (χ0) is 10.1. The summed E-state index contributed by atoms with van der Waals surface area (Å²) in [6.45, 7) is 4.43. The third-order valence-corrected chi connectivity index (χ3v) is 3.35. The lowest BCUT2D eigenvalue weighted by molar-refractivity contribution is -0.467. The highest BCUT2D eigenvalue weighted by molar-refractivity contribution is 9.09. The minimum Gasteiger partial charge on any atom is -0.327 e. The lowest BCUT2D eigenvalue weighted by Gasteiger charge is -2.50. The fourth-order valence-corrected chi connectivity index (χ4v) is 2.15. The average Bonchev–Trinajstić information content (AvgIpc) is 2.21. The summed E-state index contributed by atoms with van der Waals surface area (Å²) in [7, 11) is 0. The molecule has 0 aromatic carbocycles. The van der Waals surface area contributed by atoms with E-state index in [1.165, 1.54) is 0 Å². The largest absolute Gasteiger partial charge is 0.327 e. The zero-order valence-electron chi connectivity index (χ0n) is 8.55. The minimum atomic E-state index is -0.708. The molecule has 0 atom stereocenters. The third-order valence-electron chi connectivity index (χ3n) is 2.79. The van der Waals surface area contributed by atoms with Gasteiger partial charge in [-0.1, -0.05) is 22.9 Å². The van der Waals surface area contributed by atoms with Crippen molar-refractivity contribution in [2.45, 2.75) is 32.2 Å². The van der Waals surface area contributed by atoms with Gasteiger partial charge >= 0.3 is 0 Å². The number of halogens is 1. The number of fused-ring (bicyclic) bond motifs is 3. The Morgan fingerprint density at radius 1 is 1.07 bits per heavy atom. The molecule has 4 heteroatoms. The van der Waals surface area contributed by atoms with Gasteiger partial charge in [0.25, 0.3) is 5.97 Å². The first-order valence-corrected chi connectivity index (χ1v) is 6.28. The summed E-state index contributed by atoms with van der Waals surface area (Å²) in [5.41, 5.74) is 0.0805. The Hall–Kier alpha value is 0.360. The highest BCUT2D eigenvalue weighted by Crippen LogP contribution is 2.40. The molecule has 0 N–H and O–H groups in total. The van der Waals surface area contributed by atoms with Crippen LogP contribution in [0.15, 0.2) is 0 Å². The molecule has 82 valence electrons. The summed E-state index contributed by atoms with van der Waals surface area (Å²) >= 11 is 3.41. The van der Waals surface area contributed by atoms with Crippen LogP contribution < -0.4 is 0 Å². The molecule has 14 heavy (non-hydrogen) atoms. The van der Waals surface area contributed by atoms with Crippen molar-refractivity contribution in [1.82, 2.24) is 0 Å². The van der Waals surface area contributed by atoms with Crippen LogP contribution >= 0.6 is 15.9 Å². The van der Waals surface area contributed by atoms with Crippen molar-refractivity contribution in [3.05, 3.63) is 0 Å². The molecule has 0 radical (unpaired) electrons. The first-order valence-electron chi connectivity index (χ1n) is 5.16. The van der Waals surface area contributed by atoms with E-state index >= 15 is 0 Å². The van der Waals surface area contributed by atoms with E-state index in [4.69, 9.17) is 14.2 Å². The summed E-state index contributed by atoms with van der Waals surface area (Å²) in [4.78, 5) is 0. The van der Waals surface area contributed by atoms with Crippen molar-refractivity contribution in [2.24, 2.45) is 5.41 Å². The molecule has 0 saturated carbocycles. The zero-order valence-corrected chi connectivity index (χ0v) is 10.1. The fraction of sp³-hybridized carbons (Fsp3) is 1.00. The summed E-state index contributed by atoms with van der Waals surface area (Å²) < 4.78 is 17.0. The Morgan fingerprint density at radius 3 is 2.14 bits per heavy atom. The van der Waals surface area contributed by atoms with Gasteiger partial charge in [0.1, 0.15) is 0 Å². The second-order valence-corrected chi connectivity index (χ2v) is 5.30. The minimum absolute atomic E-state index is 0.0805. The van der Waals surface area contributed by atoms with Gasteiger partial charge in [0.05, 0.1) is 19.8 Å². The predicted octanol–water partition coefficient (Wildman–Crippen LogP) is 2.29. The molecule has 3 rings (SSSR count). The van der Waals surface area contributed by atoms with Crippen molar-refractivity contribution < 1.29 is 14.2 Å². The molecule has 3 nitrogen and oxygen atoms in total. The molecule has 3 aliphatic heterocycles. The Bertz CT molecular complexity index is 183. The van der Waals surface area contributed by atoms with Crippen LogP contribution in [-0.2, 0) is 14.2 Å². The SMILES string of the molecule is CC12COC(CCCCBr)(OC1)OC2. The molecule has 0 aliphatic carbocycles.